The fraction of sp³-hybridized carbons (Fsp3) is 0.0204. The Morgan fingerprint density at radius 3 is 1.51 bits per heavy atom. The molecule has 0 saturated heterocycles. The molecule has 1 atom stereocenters. The van der Waals surface area contributed by atoms with Crippen LogP contribution in [0.2, 0.25) is 0 Å². The topological polar surface area (TPSA) is 15.3 Å². The van der Waals surface area contributed by atoms with Crippen LogP contribution >= 0.6 is 0 Å². The average Bonchev–Trinajstić information content (AvgIpc) is 3.59. The van der Waals surface area contributed by atoms with Crippen molar-refractivity contribution in [1.29, 1.82) is 0 Å². The van der Waals surface area contributed by atoms with Crippen LogP contribution in [-0.4, -0.2) is 0 Å². The molecule has 0 radical (unpaired) electrons. The van der Waals surface area contributed by atoms with Crippen molar-refractivity contribution < 1.29 is 0 Å². The molecule has 0 fully saturated rings. The van der Waals surface area contributed by atoms with Gasteiger partial charge in [0.15, 0.2) is 0 Å². The fourth-order valence-corrected chi connectivity index (χ4v) is 8.06. The van der Waals surface area contributed by atoms with Crippen LogP contribution in [0.25, 0.3) is 65.7 Å². The van der Waals surface area contributed by atoms with Crippen molar-refractivity contribution in [3.8, 4) is 33.4 Å². The van der Waals surface area contributed by atoms with Crippen LogP contribution in [0.1, 0.15) is 11.7 Å². The normalized spacial score (nSPS) is 13.8. The van der Waals surface area contributed by atoms with Crippen molar-refractivity contribution in [3.05, 3.63) is 200 Å². The van der Waals surface area contributed by atoms with Gasteiger partial charge >= 0.3 is 0 Å². The van der Waals surface area contributed by atoms with Crippen molar-refractivity contribution in [1.82, 2.24) is 0 Å². The third kappa shape index (κ3) is 4.95. The molecule has 1 N–H and O–H groups in total. The van der Waals surface area contributed by atoms with Gasteiger partial charge in [0, 0.05) is 5.69 Å². The second kappa shape index (κ2) is 12.0. The molecular formula is C49H34N2. The van der Waals surface area contributed by atoms with E-state index in [4.69, 9.17) is 0 Å². The van der Waals surface area contributed by atoms with Gasteiger partial charge in [-0.05, 0) is 102 Å². The molecule has 1 aliphatic heterocycles. The molecule has 1 heterocycles. The van der Waals surface area contributed by atoms with Crippen molar-refractivity contribution in [3.63, 3.8) is 0 Å². The van der Waals surface area contributed by atoms with Crippen LogP contribution in [0.3, 0.4) is 0 Å². The molecule has 0 bridgehead atoms. The molecule has 10 rings (SSSR count). The maximum atomic E-state index is 3.95. The summed E-state index contributed by atoms with van der Waals surface area (Å²) in [5.74, 6) is 0. The van der Waals surface area contributed by atoms with Gasteiger partial charge < -0.3 is 10.2 Å². The van der Waals surface area contributed by atoms with E-state index in [9.17, 15) is 0 Å². The van der Waals surface area contributed by atoms with Crippen LogP contribution in [0.15, 0.2) is 194 Å². The van der Waals surface area contributed by atoms with E-state index in [2.05, 4.69) is 204 Å². The zero-order valence-corrected chi connectivity index (χ0v) is 28.0. The average molecular weight is 651 g/mol. The summed E-state index contributed by atoms with van der Waals surface area (Å²) in [5, 5.41) is 11.5. The number of hydrogen-bond donors (Lipinski definition) is 1. The van der Waals surface area contributed by atoms with Gasteiger partial charge in [0.2, 0.25) is 0 Å². The van der Waals surface area contributed by atoms with Crippen molar-refractivity contribution in [2.75, 3.05) is 10.2 Å². The first-order valence-electron chi connectivity index (χ1n) is 17.6. The number of rotatable bonds is 5. The van der Waals surface area contributed by atoms with Gasteiger partial charge in [-0.2, -0.15) is 0 Å². The second-order valence-corrected chi connectivity index (χ2v) is 13.4. The van der Waals surface area contributed by atoms with E-state index in [-0.39, 0.29) is 6.17 Å². The SMILES string of the molecule is c1ccc(-c2ccc(C3Nc4cc(-c5c6ccccc6c(-c6ccc7ccccc7c6)c6ccccc56)ccc4N3c3ccccc3)cc2)cc1. The highest BCUT2D eigenvalue weighted by atomic mass is 15.3. The monoisotopic (exact) mass is 650 g/mol. The number of nitrogens with one attached hydrogen (secondary N) is 1. The Balaban J connectivity index is 1.13. The second-order valence-electron chi connectivity index (χ2n) is 13.4. The Bertz CT molecular complexity index is 2660. The zero-order chi connectivity index (χ0) is 33.7. The third-order valence-corrected chi connectivity index (χ3v) is 10.4. The van der Waals surface area contributed by atoms with E-state index in [1.165, 1.54) is 76.9 Å². The fourth-order valence-electron chi connectivity index (χ4n) is 8.06. The Morgan fingerprint density at radius 1 is 0.373 bits per heavy atom. The molecule has 0 saturated carbocycles. The van der Waals surface area contributed by atoms with E-state index in [1.54, 1.807) is 0 Å². The molecule has 2 heteroatoms. The van der Waals surface area contributed by atoms with Gasteiger partial charge in [0.05, 0.1) is 11.4 Å². The van der Waals surface area contributed by atoms with E-state index < -0.39 is 0 Å². The first-order chi connectivity index (χ1) is 25.3. The molecule has 0 aromatic heterocycles. The molecule has 1 aliphatic rings. The van der Waals surface area contributed by atoms with Crippen molar-refractivity contribution in [2.45, 2.75) is 6.17 Å². The Hall–Kier alpha value is -6.64. The van der Waals surface area contributed by atoms with Crippen LogP contribution in [-0.2, 0) is 0 Å². The van der Waals surface area contributed by atoms with E-state index >= 15 is 0 Å². The summed E-state index contributed by atoms with van der Waals surface area (Å²) in [7, 11) is 0. The van der Waals surface area contributed by atoms with E-state index in [0.717, 1.165) is 11.4 Å². The first-order valence-corrected chi connectivity index (χ1v) is 17.6. The van der Waals surface area contributed by atoms with Crippen molar-refractivity contribution >= 4 is 49.4 Å². The minimum absolute atomic E-state index is 0.0498. The Morgan fingerprint density at radius 2 is 0.863 bits per heavy atom. The van der Waals surface area contributed by atoms with Gasteiger partial charge in [-0.15, -0.1) is 0 Å². The molecule has 9 aromatic rings. The van der Waals surface area contributed by atoms with Gasteiger partial charge in [-0.25, -0.2) is 0 Å². The molecule has 0 spiro atoms. The molecule has 0 amide bonds. The molecule has 1 unspecified atom stereocenters. The lowest BCUT2D eigenvalue weighted by molar-refractivity contribution is 0.828. The standard InChI is InChI=1S/C49H34N2/c1-3-13-33(14-4-1)35-23-26-36(27-24-35)49-50-45-32-39(29-30-46(45)51(49)40-17-5-2-6-18-40)48-43-21-11-9-19-41(43)47(42-20-10-12-22-44(42)48)38-28-25-34-15-7-8-16-37(34)31-38/h1-32,49-50H. The summed E-state index contributed by atoms with van der Waals surface area (Å²) in [5.41, 5.74) is 12.1. The number of para-hydroxylation sites is 1. The lowest BCUT2D eigenvalue weighted by Gasteiger charge is -2.27. The summed E-state index contributed by atoms with van der Waals surface area (Å²) in [6.07, 6.45) is -0.0498. The largest absolute Gasteiger partial charge is 0.359 e. The van der Waals surface area contributed by atoms with Crippen LogP contribution < -0.4 is 10.2 Å². The molecule has 2 nitrogen and oxygen atoms in total. The molecular weight excluding hydrogens is 617 g/mol. The minimum Gasteiger partial charge on any atom is -0.359 e. The predicted molar refractivity (Wildman–Crippen MR) is 217 cm³/mol. The smallest absolute Gasteiger partial charge is 0.130 e. The summed E-state index contributed by atoms with van der Waals surface area (Å²) in [6.45, 7) is 0. The molecule has 9 aromatic carbocycles. The highest BCUT2D eigenvalue weighted by molar-refractivity contribution is 6.22. The zero-order valence-electron chi connectivity index (χ0n) is 28.0. The minimum atomic E-state index is -0.0498. The number of nitrogens with zero attached hydrogens (tertiary/aromatic N) is 1. The van der Waals surface area contributed by atoms with E-state index in [1.807, 2.05) is 0 Å². The summed E-state index contributed by atoms with van der Waals surface area (Å²) >= 11 is 0. The van der Waals surface area contributed by atoms with Gasteiger partial charge in [0.25, 0.3) is 0 Å². The number of anilines is 3. The van der Waals surface area contributed by atoms with Gasteiger partial charge in [-0.1, -0.05) is 164 Å². The van der Waals surface area contributed by atoms with Crippen LogP contribution in [0.5, 0.6) is 0 Å². The molecule has 51 heavy (non-hydrogen) atoms. The van der Waals surface area contributed by atoms with Gasteiger partial charge in [0.1, 0.15) is 6.17 Å². The lowest BCUT2D eigenvalue weighted by atomic mass is 9.85. The highest BCUT2D eigenvalue weighted by Crippen LogP contribution is 2.50. The van der Waals surface area contributed by atoms with Crippen molar-refractivity contribution in [2.24, 2.45) is 0 Å². The Labute approximate surface area is 297 Å². The summed E-state index contributed by atoms with van der Waals surface area (Å²) in [4.78, 5) is 2.43. The first kappa shape index (κ1) is 29.3. The van der Waals surface area contributed by atoms with E-state index in [0.29, 0.717) is 0 Å². The number of fused-ring (bicyclic) bond motifs is 4. The highest BCUT2D eigenvalue weighted by Gasteiger charge is 2.32. The van der Waals surface area contributed by atoms with Gasteiger partial charge in [-0.3, -0.25) is 0 Å². The summed E-state index contributed by atoms with van der Waals surface area (Å²) < 4.78 is 0. The maximum absolute atomic E-state index is 3.95. The number of benzene rings is 9. The lowest BCUT2D eigenvalue weighted by Crippen LogP contribution is -2.23. The quantitative estimate of drug-likeness (QED) is 0.187. The van der Waals surface area contributed by atoms with Crippen LogP contribution in [0, 0.1) is 0 Å². The third-order valence-electron chi connectivity index (χ3n) is 10.4. The molecule has 240 valence electrons. The predicted octanol–water partition coefficient (Wildman–Crippen LogP) is 13.4. The molecule has 0 aliphatic carbocycles. The van der Waals surface area contributed by atoms with Crippen LogP contribution in [0.4, 0.5) is 17.1 Å². The maximum Gasteiger partial charge on any atom is 0.130 e. The number of hydrogen-bond acceptors (Lipinski definition) is 2. The Kier molecular flexibility index (Phi) is 6.92. The summed E-state index contributed by atoms with van der Waals surface area (Å²) in [6, 6.07) is 70.5.